The molecule has 1 aliphatic heterocycles. The minimum absolute atomic E-state index is 0.138. The summed E-state index contributed by atoms with van der Waals surface area (Å²) in [6, 6.07) is 9.12. The molecule has 5 heteroatoms. The molecule has 2 rings (SSSR count). The smallest absolute Gasteiger partial charge is 0.219 e. The third kappa shape index (κ3) is 4.94. The number of nitrogens with one attached hydrogen (secondary N) is 3. The third-order valence-electron chi connectivity index (χ3n) is 4.87. The van der Waals surface area contributed by atoms with Crippen LogP contribution in [-0.2, 0) is 4.79 Å². The Hall–Kier alpha value is -1.59. The first-order valence-electron chi connectivity index (χ1n) is 8.71. The van der Waals surface area contributed by atoms with Crippen LogP contribution in [0, 0.1) is 0 Å². The van der Waals surface area contributed by atoms with Crippen molar-refractivity contribution in [1.82, 2.24) is 5.32 Å². The number of amides is 1. The van der Waals surface area contributed by atoms with E-state index in [4.69, 9.17) is 0 Å². The molecule has 0 spiro atoms. The lowest BCUT2D eigenvalue weighted by Crippen LogP contribution is -3.27. The van der Waals surface area contributed by atoms with Crippen molar-refractivity contribution in [3.63, 3.8) is 0 Å². The fraction of sp³-hybridized carbons (Fsp3) is 0.611. The van der Waals surface area contributed by atoms with E-state index in [9.17, 15) is 4.79 Å². The molecule has 1 heterocycles. The van der Waals surface area contributed by atoms with Crippen molar-refractivity contribution in [3.8, 4) is 0 Å². The van der Waals surface area contributed by atoms with Gasteiger partial charge in [0.1, 0.15) is 32.2 Å². The summed E-state index contributed by atoms with van der Waals surface area (Å²) in [7, 11) is 6.38. The van der Waals surface area contributed by atoms with E-state index in [1.54, 1.807) is 9.80 Å². The van der Waals surface area contributed by atoms with Crippen molar-refractivity contribution >= 4 is 11.6 Å². The van der Waals surface area contributed by atoms with E-state index in [2.05, 4.69) is 55.6 Å². The van der Waals surface area contributed by atoms with Gasteiger partial charge in [0.15, 0.2) is 0 Å². The molecule has 0 bridgehead atoms. The molecule has 1 fully saturated rings. The molecule has 0 unspecified atom stereocenters. The molecule has 23 heavy (non-hydrogen) atoms. The summed E-state index contributed by atoms with van der Waals surface area (Å²) in [4.78, 5) is 17.0. The van der Waals surface area contributed by atoms with Crippen molar-refractivity contribution in [3.05, 3.63) is 29.8 Å². The van der Waals surface area contributed by atoms with Crippen LogP contribution >= 0.6 is 0 Å². The molecular formula is C18H32N4O+2. The number of nitrogens with zero attached hydrogens (tertiary/aromatic N) is 1. The van der Waals surface area contributed by atoms with Gasteiger partial charge in [0.25, 0.3) is 0 Å². The van der Waals surface area contributed by atoms with Crippen LogP contribution in [0.4, 0.5) is 5.69 Å². The monoisotopic (exact) mass is 320 g/mol. The molecule has 128 valence electrons. The van der Waals surface area contributed by atoms with Gasteiger partial charge in [0, 0.05) is 31.8 Å². The Morgan fingerprint density at radius 3 is 2.30 bits per heavy atom. The first kappa shape index (κ1) is 17.8. The topological polar surface area (TPSA) is 41.2 Å². The Kier molecular flexibility index (Phi) is 6.42. The Balaban J connectivity index is 2.12. The standard InChI is InChI=1S/C18H30N4O/c1-5-18(23)19-14-17(22-12-10-21(4)11-13-22)15-6-8-16(9-7-15)20(2)3/h6-9,17H,5,10-14H2,1-4H3,(H,19,23)/p+2/t17-/m0/s1. The molecule has 5 nitrogen and oxygen atoms in total. The van der Waals surface area contributed by atoms with Gasteiger partial charge in [-0.2, -0.15) is 0 Å². The highest BCUT2D eigenvalue weighted by atomic mass is 16.1. The number of carbonyl (C=O) groups excluding carboxylic acids is 1. The number of hydrogen-bond donors (Lipinski definition) is 3. The van der Waals surface area contributed by atoms with Crippen LogP contribution in [0.3, 0.4) is 0 Å². The molecular weight excluding hydrogens is 288 g/mol. The molecule has 1 aliphatic rings. The molecule has 1 aromatic carbocycles. The second kappa shape index (κ2) is 8.31. The number of likely N-dealkylation sites (N-methyl/N-ethyl adjacent to an activating group) is 1. The molecule has 0 aliphatic carbocycles. The van der Waals surface area contributed by atoms with Crippen LogP contribution in [0.5, 0.6) is 0 Å². The first-order valence-corrected chi connectivity index (χ1v) is 8.71. The average Bonchev–Trinajstić information content (AvgIpc) is 2.56. The maximum atomic E-state index is 11.7. The van der Waals surface area contributed by atoms with Crippen LogP contribution in [0.25, 0.3) is 0 Å². The first-order chi connectivity index (χ1) is 11.0. The summed E-state index contributed by atoms with van der Waals surface area (Å²) in [5, 5.41) is 3.10. The maximum absolute atomic E-state index is 11.7. The van der Waals surface area contributed by atoms with Crippen molar-refractivity contribution in [2.75, 3.05) is 58.8 Å². The summed E-state index contributed by atoms with van der Waals surface area (Å²) in [5.41, 5.74) is 2.53. The predicted molar refractivity (Wildman–Crippen MR) is 94.1 cm³/mol. The number of piperazine rings is 1. The molecule has 1 saturated heterocycles. The zero-order chi connectivity index (χ0) is 16.8. The summed E-state index contributed by atoms with van der Waals surface area (Å²) in [5.74, 6) is 0.138. The number of rotatable bonds is 6. The number of hydrogen-bond acceptors (Lipinski definition) is 2. The van der Waals surface area contributed by atoms with E-state index in [1.807, 2.05) is 6.92 Å². The summed E-state index contributed by atoms with van der Waals surface area (Å²) >= 11 is 0. The SMILES string of the molecule is CCC(=O)NC[C@@H](c1ccc(N(C)C)cc1)[NH+]1CC[NH+](C)CC1. The van der Waals surface area contributed by atoms with Gasteiger partial charge in [-0.25, -0.2) is 0 Å². The van der Waals surface area contributed by atoms with Gasteiger partial charge in [-0.15, -0.1) is 0 Å². The number of carbonyl (C=O) groups is 1. The molecule has 1 amide bonds. The lowest BCUT2D eigenvalue weighted by atomic mass is 10.0. The van der Waals surface area contributed by atoms with Crippen LogP contribution in [0.1, 0.15) is 24.9 Å². The Bertz CT molecular complexity index is 492. The van der Waals surface area contributed by atoms with Gasteiger partial charge in [0.05, 0.1) is 13.6 Å². The van der Waals surface area contributed by atoms with Crippen molar-refractivity contribution in [1.29, 1.82) is 0 Å². The zero-order valence-corrected chi connectivity index (χ0v) is 15.0. The van der Waals surface area contributed by atoms with Gasteiger partial charge in [-0.05, 0) is 12.1 Å². The molecule has 1 aromatic rings. The van der Waals surface area contributed by atoms with E-state index in [0.717, 1.165) is 19.6 Å². The van der Waals surface area contributed by atoms with Crippen LogP contribution in [-0.4, -0.2) is 59.8 Å². The number of quaternary nitrogens is 2. The molecule has 0 aromatic heterocycles. The van der Waals surface area contributed by atoms with E-state index in [0.29, 0.717) is 12.5 Å². The minimum atomic E-state index is 0.138. The van der Waals surface area contributed by atoms with E-state index in [-0.39, 0.29) is 5.91 Å². The van der Waals surface area contributed by atoms with Crippen LogP contribution < -0.4 is 20.0 Å². The quantitative estimate of drug-likeness (QED) is 0.612. The summed E-state index contributed by atoms with van der Waals surface area (Å²) in [6.45, 7) is 7.35. The van der Waals surface area contributed by atoms with Gasteiger partial charge in [0.2, 0.25) is 5.91 Å². The number of benzene rings is 1. The largest absolute Gasteiger partial charge is 0.378 e. The zero-order valence-electron chi connectivity index (χ0n) is 15.0. The normalized spacial score (nSPS) is 22.4. The third-order valence-corrected chi connectivity index (χ3v) is 4.87. The molecule has 1 atom stereocenters. The summed E-state index contributed by atoms with van der Waals surface area (Å²) in [6.07, 6.45) is 0.550. The van der Waals surface area contributed by atoms with Crippen molar-refractivity contribution in [2.45, 2.75) is 19.4 Å². The summed E-state index contributed by atoms with van der Waals surface area (Å²) < 4.78 is 0. The van der Waals surface area contributed by atoms with Gasteiger partial charge in [-0.1, -0.05) is 19.1 Å². The average molecular weight is 320 g/mol. The van der Waals surface area contributed by atoms with Crippen molar-refractivity contribution in [2.24, 2.45) is 0 Å². The predicted octanol–water partition coefficient (Wildman–Crippen LogP) is -1.27. The van der Waals surface area contributed by atoms with E-state index in [1.165, 1.54) is 24.3 Å². The fourth-order valence-corrected chi connectivity index (χ4v) is 3.19. The number of anilines is 1. The fourth-order valence-electron chi connectivity index (χ4n) is 3.19. The van der Waals surface area contributed by atoms with Crippen LogP contribution in [0.15, 0.2) is 24.3 Å². The second-order valence-electron chi connectivity index (χ2n) is 6.81. The molecule has 3 N–H and O–H groups in total. The van der Waals surface area contributed by atoms with Crippen LogP contribution in [0.2, 0.25) is 0 Å². The lowest BCUT2D eigenvalue weighted by molar-refractivity contribution is -1.02. The van der Waals surface area contributed by atoms with E-state index >= 15 is 0 Å². The highest BCUT2D eigenvalue weighted by Crippen LogP contribution is 2.16. The van der Waals surface area contributed by atoms with Crippen molar-refractivity contribution < 1.29 is 14.6 Å². The lowest BCUT2D eigenvalue weighted by Gasteiger charge is -2.33. The Labute approximate surface area is 140 Å². The Morgan fingerprint density at radius 1 is 1.17 bits per heavy atom. The van der Waals surface area contributed by atoms with Gasteiger partial charge >= 0.3 is 0 Å². The second-order valence-corrected chi connectivity index (χ2v) is 6.81. The van der Waals surface area contributed by atoms with E-state index < -0.39 is 0 Å². The molecule has 0 saturated carbocycles. The highest BCUT2D eigenvalue weighted by Gasteiger charge is 2.29. The van der Waals surface area contributed by atoms with Gasteiger partial charge in [-0.3, -0.25) is 4.79 Å². The highest BCUT2D eigenvalue weighted by molar-refractivity contribution is 5.75. The minimum Gasteiger partial charge on any atom is -0.378 e. The Morgan fingerprint density at radius 2 is 1.78 bits per heavy atom. The molecule has 0 radical (unpaired) electrons. The van der Waals surface area contributed by atoms with Gasteiger partial charge < -0.3 is 20.0 Å². The maximum Gasteiger partial charge on any atom is 0.219 e.